The fourth-order valence-electron chi connectivity index (χ4n) is 6.54. The highest BCUT2D eigenvalue weighted by Gasteiger charge is 2.19. The van der Waals surface area contributed by atoms with Crippen molar-refractivity contribution in [3.8, 4) is 0 Å². The zero-order valence-corrected chi connectivity index (χ0v) is 34.7. The van der Waals surface area contributed by atoms with Crippen LogP contribution in [0.25, 0.3) is 0 Å². The number of hydrogen-bond acceptors (Lipinski definition) is 6. The highest BCUT2D eigenvalue weighted by atomic mass is 16.6. The summed E-state index contributed by atoms with van der Waals surface area (Å²) in [6, 6.07) is 0. The topological polar surface area (TPSA) is 78.9 Å². The Morgan fingerprint density at radius 2 is 0.745 bits per heavy atom. The number of carbonyl (C=O) groups is 3. The Labute approximate surface area is 317 Å². The lowest BCUT2D eigenvalue weighted by Gasteiger charge is -2.18. The molecule has 1 unspecified atom stereocenters. The van der Waals surface area contributed by atoms with Gasteiger partial charge in [0.25, 0.3) is 0 Å². The van der Waals surface area contributed by atoms with E-state index < -0.39 is 6.10 Å². The molecule has 0 aliphatic rings. The summed E-state index contributed by atoms with van der Waals surface area (Å²) in [6.07, 6.45) is 35.2. The standard InChI is InChI=1S/C45H86O6/c1-6-8-9-10-11-12-13-14-15-16-19-27-32-37-45(48)51-42(38-49-43(46)35-30-25-20-17-18-23-28-33-40(3)4)39-50-44(47)36-31-26-22-21-24-29-34-41(5)7-2/h40-42H,6-39H2,1-5H3/t41?,42-/m1/s1. The van der Waals surface area contributed by atoms with E-state index in [1.165, 1.54) is 128 Å². The zero-order chi connectivity index (χ0) is 37.6. The Morgan fingerprint density at radius 1 is 0.412 bits per heavy atom. The van der Waals surface area contributed by atoms with Crippen LogP contribution in [0.1, 0.15) is 240 Å². The maximum absolute atomic E-state index is 12.7. The molecule has 0 N–H and O–H groups in total. The van der Waals surface area contributed by atoms with Crippen molar-refractivity contribution in [1.82, 2.24) is 0 Å². The molecule has 0 aliphatic heterocycles. The van der Waals surface area contributed by atoms with Gasteiger partial charge in [0, 0.05) is 19.3 Å². The lowest BCUT2D eigenvalue weighted by atomic mass is 10.00. The minimum Gasteiger partial charge on any atom is -0.462 e. The second kappa shape index (κ2) is 38.1. The average Bonchev–Trinajstić information content (AvgIpc) is 3.11. The quantitative estimate of drug-likeness (QED) is 0.0357. The van der Waals surface area contributed by atoms with Crippen LogP contribution < -0.4 is 0 Å². The van der Waals surface area contributed by atoms with Crippen molar-refractivity contribution in [2.75, 3.05) is 13.2 Å². The third-order valence-electron chi connectivity index (χ3n) is 10.3. The number of rotatable bonds is 39. The third kappa shape index (κ3) is 38.0. The SMILES string of the molecule is CCCCCCCCCCCCCCCC(=O)O[C@H](COC(=O)CCCCCCCCCC(C)C)COC(=O)CCCCCCCCC(C)CC. The normalized spacial score (nSPS) is 12.6. The monoisotopic (exact) mass is 723 g/mol. The van der Waals surface area contributed by atoms with Gasteiger partial charge in [-0.3, -0.25) is 14.4 Å². The van der Waals surface area contributed by atoms with E-state index >= 15 is 0 Å². The highest BCUT2D eigenvalue weighted by molar-refractivity contribution is 5.71. The van der Waals surface area contributed by atoms with E-state index in [-0.39, 0.29) is 31.1 Å². The number of esters is 3. The molecule has 0 saturated carbocycles. The van der Waals surface area contributed by atoms with Gasteiger partial charge in [-0.1, -0.05) is 202 Å². The predicted molar refractivity (Wildman–Crippen MR) is 215 cm³/mol. The summed E-state index contributed by atoms with van der Waals surface area (Å²) in [5, 5.41) is 0. The van der Waals surface area contributed by atoms with Crippen molar-refractivity contribution in [3.63, 3.8) is 0 Å². The van der Waals surface area contributed by atoms with Gasteiger partial charge in [0.1, 0.15) is 13.2 Å². The van der Waals surface area contributed by atoms with Crippen LogP contribution in [0.3, 0.4) is 0 Å². The van der Waals surface area contributed by atoms with E-state index in [0.29, 0.717) is 19.3 Å². The lowest BCUT2D eigenvalue weighted by Crippen LogP contribution is -2.30. The number of unbranched alkanes of at least 4 members (excludes halogenated alkanes) is 23. The Kier molecular flexibility index (Phi) is 37.0. The van der Waals surface area contributed by atoms with Gasteiger partial charge in [0.15, 0.2) is 6.10 Å². The maximum atomic E-state index is 12.7. The van der Waals surface area contributed by atoms with Crippen LogP contribution in [0.15, 0.2) is 0 Å². The molecule has 0 aromatic carbocycles. The first-order valence-electron chi connectivity index (χ1n) is 22.3. The number of hydrogen-bond donors (Lipinski definition) is 0. The van der Waals surface area contributed by atoms with Crippen LogP contribution in [-0.2, 0) is 28.6 Å². The second-order valence-electron chi connectivity index (χ2n) is 16.1. The molecule has 0 saturated heterocycles. The molecule has 0 amide bonds. The van der Waals surface area contributed by atoms with Crippen LogP contribution in [0.2, 0.25) is 0 Å². The molecule has 0 aliphatic carbocycles. The molecule has 0 aromatic rings. The van der Waals surface area contributed by atoms with Crippen molar-refractivity contribution in [2.24, 2.45) is 11.8 Å². The van der Waals surface area contributed by atoms with E-state index in [4.69, 9.17) is 14.2 Å². The Bertz CT molecular complexity index is 781. The summed E-state index contributed by atoms with van der Waals surface area (Å²) in [5.74, 6) is 0.732. The van der Waals surface area contributed by atoms with Gasteiger partial charge in [0.05, 0.1) is 0 Å². The summed E-state index contributed by atoms with van der Waals surface area (Å²) >= 11 is 0. The van der Waals surface area contributed by atoms with Gasteiger partial charge in [-0.05, 0) is 31.1 Å². The highest BCUT2D eigenvalue weighted by Crippen LogP contribution is 2.17. The first-order chi connectivity index (χ1) is 24.8. The number of carbonyl (C=O) groups excluding carboxylic acids is 3. The van der Waals surface area contributed by atoms with Crippen molar-refractivity contribution >= 4 is 17.9 Å². The van der Waals surface area contributed by atoms with Gasteiger partial charge >= 0.3 is 17.9 Å². The molecule has 51 heavy (non-hydrogen) atoms. The van der Waals surface area contributed by atoms with E-state index in [2.05, 4.69) is 34.6 Å². The van der Waals surface area contributed by atoms with Crippen LogP contribution in [0.4, 0.5) is 0 Å². The van der Waals surface area contributed by atoms with Gasteiger partial charge < -0.3 is 14.2 Å². The fraction of sp³-hybridized carbons (Fsp3) is 0.933. The van der Waals surface area contributed by atoms with Crippen molar-refractivity contribution in [3.05, 3.63) is 0 Å². The van der Waals surface area contributed by atoms with Gasteiger partial charge in [-0.15, -0.1) is 0 Å². The number of ether oxygens (including phenoxy) is 3. The van der Waals surface area contributed by atoms with E-state index in [0.717, 1.165) is 69.6 Å². The Balaban J connectivity index is 4.35. The smallest absolute Gasteiger partial charge is 0.306 e. The summed E-state index contributed by atoms with van der Waals surface area (Å²) < 4.78 is 16.7. The van der Waals surface area contributed by atoms with Gasteiger partial charge in [0.2, 0.25) is 0 Å². The van der Waals surface area contributed by atoms with Crippen LogP contribution in [-0.4, -0.2) is 37.2 Å². The molecule has 302 valence electrons. The van der Waals surface area contributed by atoms with E-state index in [1.807, 2.05) is 0 Å². The van der Waals surface area contributed by atoms with Crippen LogP contribution in [0.5, 0.6) is 0 Å². The van der Waals surface area contributed by atoms with E-state index in [9.17, 15) is 14.4 Å². The summed E-state index contributed by atoms with van der Waals surface area (Å²) in [6.45, 7) is 11.3. The molecule has 0 rings (SSSR count). The Morgan fingerprint density at radius 3 is 1.12 bits per heavy atom. The molecule has 6 nitrogen and oxygen atoms in total. The molecule has 0 spiro atoms. The van der Waals surface area contributed by atoms with Gasteiger partial charge in [-0.25, -0.2) is 0 Å². The van der Waals surface area contributed by atoms with E-state index in [1.54, 1.807) is 0 Å². The molecule has 0 fully saturated rings. The Hall–Kier alpha value is -1.59. The molecule has 0 radical (unpaired) electrons. The average molecular weight is 723 g/mol. The minimum atomic E-state index is -0.760. The third-order valence-corrected chi connectivity index (χ3v) is 10.3. The van der Waals surface area contributed by atoms with Crippen molar-refractivity contribution in [2.45, 2.75) is 246 Å². The largest absolute Gasteiger partial charge is 0.462 e. The lowest BCUT2D eigenvalue weighted by molar-refractivity contribution is -0.167. The first-order valence-corrected chi connectivity index (χ1v) is 22.3. The molecule has 2 atom stereocenters. The predicted octanol–water partition coefficient (Wildman–Crippen LogP) is 13.8. The van der Waals surface area contributed by atoms with Crippen molar-refractivity contribution in [1.29, 1.82) is 0 Å². The summed E-state index contributed by atoms with van der Waals surface area (Å²) in [7, 11) is 0. The molecule has 0 heterocycles. The molecule has 0 aromatic heterocycles. The zero-order valence-electron chi connectivity index (χ0n) is 34.7. The molecule has 0 bridgehead atoms. The summed E-state index contributed by atoms with van der Waals surface area (Å²) in [5.41, 5.74) is 0. The minimum absolute atomic E-state index is 0.0665. The second-order valence-corrected chi connectivity index (χ2v) is 16.1. The first kappa shape index (κ1) is 49.4. The fourth-order valence-corrected chi connectivity index (χ4v) is 6.54. The molecular weight excluding hydrogens is 636 g/mol. The summed E-state index contributed by atoms with van der Waals surface area (Å²) in [4.78, 5) is 37.6. The van der Waals surface area contributed by atoms with Crippen molar-refractivity contribution < 1.29 is 28.6 Å². The molecule has 6 heteroatoms. The van der Waals surface area contributed by atoms with Gasteiger partial charge in [-0.2, -0.15) is 0 Å². The van der Waals surface area contributed by atoms with Crippen LogP contribution >= 0.6 is 0 Å². The van der Waals surface area contributed by atoms with Crippen LogP contribution in [0, 0.1) is 11.8 Å². The maximum Gasteiger partial charge on any atom is 0.306 e. The molecular formula is C45H86O6.